The lowest BCUT2D eigenvalue weighted by Crippen LogP contribution is -2.37. The third-order valence-electron chi connectivity index (χ3n) is 3.94. The van der Waals surface area contributed by atoms with E-state index >= 15 is 0 Å². The fourth-order valence-corrected chi connectivity index (χ4v) is 2.46. The van der Waals surface area contributed by atoms with Crippen molar-refractivity contribution < 1.29 is 4.74 Å². The molecule has 0 spiro atoms. The molecule has 0 radical (unpaired) electrons. The van der Waals surface area contributed by atoms with Gasteiger partial charge in [0.1, 0.15) is 0 Å². The first-order chi connectivity index (χ1) is 6.80. The molecule has 2 aliphatic rings. The minimum Gasteiger partial charge on any atom is -0.383 e. The normalized spacial score (nSPS) is 26.1. The van der Waals surface area contributed by atoms with Gasteiger partial charge in [-0.15, -0.1) is 0 Å². The van der Waals surface area contributed by atoms with Crippen LogP contribution in [-0.4, -0.2) is 26.3 Å². The summed E-state index contributed by atoms with van der Waals surface area (Å²) in [7, 11) is 1.79. The molecular weight excluding hydrogens is 174 g/mol. The molecule has 14 heavy (non-hydrogen) atoms. The molecule has 0 bridgehead atoms. The van der Waals surface area contributed by atoms with E-state index in [1.54, 1.807) is 7.11 Å². The predicted molar refractivity (Wildman–Crippen MR) is 58.3 cm³/mol. The zero-order chi connectivity index (χ0) is 10.0. The molecule has 2 aliphatic carbocycles. The molecule has 0 amide bonds. The van der Waals surface area contributed by atoms with E-state index < -0.39 is 0 Å². The van der Waals surface area contributed by atoms with Crippen LogP contribution in [0.3, 0.4) is 0 Å². The van der Waals surface area contributed by atoms with Crippen LogP contribution in [0.2, 0.25) is 0 Å². The van der Waals surface area contributed by atoms with Crippen molar-refractivity contribution in [1.29, 1.82) is 0 Å². The second kappa shape index (κ2) is 4.19. The quantitative estimate of drug-likeness (QED) is 0.675. The third kappa shape index (κ3) is 2.29. The molecule has 2 heteroatoms. The first-order valence-electron chi connectivity index (χ1n) is 6.03. The molecule has 0 aromatic heterocycles. The monoisotopic (exact) mass is 197 g/mol. The van der Waals surface area contributed by atoms with Crippen molar-refractivity contribution in [2.45, 2.75) is 45.1 Å². The van der Waals surface area contributed by atoms with Gasteiger partial charge in [-0.2, -0.15) is 0 Å². The summed E-state index contributed by atoms with van der Waals surface area (Å²) < 4.78 is 5.19. The molecule has 1 unspecified atom stereocenters. The lowest BCUT2D eigenvalue weighted by molar-refractivity contribution is 0.160. The van der Waals surface area contributed by atoms with Gasteiger partial charge in [0, 0.05) is 19.7 Å². The van der Waals surface area contributed by atoms with Crippen LogP contribution in [0.25, 0.3) is 0 Å². The Hall–Kier alpha value is -0.0800. The lowest BCUT2D eigenvalue weighted by Gasteiger charge is -2.21. The van der Waals surface area contributed by atoms with Crippen LogP contribution in [0.5, 0.6) is 0 Å². The van der Waals surface area contributed by atoms with Crippen molar-refractivity contribution in [2.24, 2.45) is 11.3 Å². The summed E-state index contributed by atoms with van der Waals surface area (Å²) >= 11 is 0. The Morgan fingerprint density at radius 2 is 2.14 bits per heavy atom. The van der Waals surface area contributed by atoms with Crippen molar-refractivity contribution in [3.8, 4) is 0 Å². The Kier molecular flexibility index (Phi) is 3.13. The van der Waals surface area contributed by atoms with Crippen molar-refractivity contribution in [2.75, 3.05) is 20.3 Å². The molecule has 2 nitrogen and oxygen atoms in total. The van der Waals surface area contributed by atoms with E-state index in [4.69, 9.17) is 4.74 Å². The van der Waals surface area contributed by atoms with Gasteiger partial charge in [0.05, 0.1) is 6.61 Å². The molecule has 0 heterocycles. The third-order valence-corrected chi connectivity index (χ3v) is 3.94. The Balaban J connectivity index is 1.69. The highest BCUT2D eigenvalue weighted by atomic mass is 16.5. The van der Waals surface area contributed by atoms with Gasteiger partial charge in [0.15, 0.2) is 0 Å². The topological polar surface area (TPSA) is 21.3 Å². The van der Waals surface area contributed by atoms with E-state index in [2.05, 4.69) is 12.2 Å². The fraction of sp³-hybridized carbons (Fsp3) is 1.00. The summed E-state index contributed by atoms with van der Waals surface area (Å²) in [5, 5.41) is 3.67. The Morgan fingerprint density at radius 1 is 1.43 bits per heavy atom. The average molecular weight is 197 g/mol. The summed E-state index contributed by atoms with van der Waals surface area (Å²) in [6, 6.07) is 0.566. The first kappa shape index (κ1) is 10.4. The molecule has 0 aromatic rings. The first-order valence-corrected chi connectivity index (χ1v) is 6.03. The zero-order valence-corrected chi connectivity index (χ0v) is 9.51. The molecule has 1 atom stereocenters. The van der Waals surface area contributed by atoms with Crippen LogP contribution in [0.1, 0.15) is 39.0 Å². The van der Waals surface area contributed by atoms with Gasteiger partial charge in [0.25, 0.3) is 0 Å². The van der Waals surface area contributed by atoms with Crippen molar-refractivity contribution in [3.63, 3.8) is 0 Å². The van der Waals surface area contributed by atoms with Crippen molar-refractivity contribution >= 4 is 0 Å². The van der Waals surface area contributed by atoms with Gasteiger partial charge < -0.3 is 10.1 Å². The number of hydrogen-bond acceptors (Lipinski definition) is 2. The van der Waals surface area contributed by atoms with E-state index in [-0.39, 0.29) is 0 Å². The summed E-state index contributed by atoms with van der Waals surface area (Å²) in [6.45, 7) is 4.32. The molecule has 1 N–H and O–H groups in total. The zero-order valence-electron chi connectivity index (χ0n) is 9.51. The maximum Gasteiger partial charge on any atom is 0.0615 e. The van der Waals surface area contributed by atoms with Gasteiger partial charge in [-0.3, -0.25) is 0 Å². The summed E-state index contributed by atoms with van der Waals surface area (Å²) in [5.74, 6) is 1.06. The van der Waals surface area contributed by atoms with E-state index in [9.17, 15) is 0 Å². The molecule has 0 aliphatic heterocycles. The van der Waals surface area contributed by atoms with Crippen LogP contribution in [0, 0.1) is 11.3 Å². The van der Waals surface area contributed by atoms with Gasteiger partial charge >= 0.3 is 0 Å². The summed E-state index contributed by atoms with van der Waals surface area (Å²) in [4.78, 5) is 0. The highest BCUT2D eigenvalue weighted by Gasteiger charge is 2.53. The van der Waals surface area contributed by atoms with Gasteiger partial charge in [-0.25, -0.2) is 0 Å². The van der Waals surface area contributed by atoms with Crippen LogP contribution >= 0.6 is 0 Å². The van der Waals surface area contributed by atoms with Crippen LogP contribution in [-0.2, 0) is 4.74 Å². The van der Waals surface area contributed by atoms with Gasteiger partial charge in [-0.1, -0.05) is 6.92 Å². The number of nitrogens with one attached hydrogen (secondary N) is 1. The number of methoxy groups -OCH3 is 1. The van der Waals surface area contributed by atoms with E-state index in [1.165, 1.54) is 38.6 Å². The van der Waals surface area contributed by atoms with Crippen molar-refractivity contribution in [1.82, 2.24) is 5.32 Å². The Bertz CT molecular complexity index is 185. The van der Waals surface area contributed by atoms with Crippen LogP contribution in [0.15, 0.2) is 0 Å². The molecule has 2 saturated carbocycles. The van der Waals surface area contributed by atoms with Crippen LogP contribution < -0.4 is 5.32 Å². The second-order valence-corrected chi connectivity index (χ2v) is 5.08. The maximum atomic E-state index is 5.19. The fourth-order valence-electron chi connectivity index (χ4n) is 2.46. The van der Waals surface area contributed by atoms with Crippen molar-refractivity contribution in [3.05, 3.63) is 0 Å². The second-order valence-electron chi connectivity index (χ2n) is 5.08. The summed E-state index contributed by atoms with van der Waals surface area (Å²) in [6.07, 6.45) is 7.09. The molecular formula is C12H23NO. The Labute approximate surface area is 87.4 Å². The molecule has 2 fully saturated rings. The largest absolute Gasteiger partial charge is 0.383 e. The standard InChI is InChI=1S/C12H23NO/c1-3-11(8-14-2)13-9-12(6-7-12)10-4-5-10/h10-11,13H,3-9H2,1-2H3. The van der Waals surface area contributed by atoms with Gasteiger partial charge in [-0.05, 0) is 43.4 Å². The highest BCUT2D eigenvalue weighted by Crippen LogP contribution is 2.60. The van der Waals surface area contributed by atoms with E-state index in [1.807, 2.05) is 0 Å². The van der Waals surface area contributed by atoms with Crippen LogP contribution in [0.4, 0.5) is 0 Å². The minimum atomic E-state index is 0.566. The average Bonchev–Trinajstić information content (AvgIpc) is 3.04. The number of ether oxygens (including phenoxy) is 1. The number of hydrogen-bond donors (Lipinski definition) is 1. The highest BCUT2D eigenvalue weighted by molar-refractivity contribution is 5.05. The van der Waals surface area contributed by atoms with Gasteiger partial charge in [0.2, 0.25) is 0 Å². The Morgan fingerprint density at radius 3 is 2.57 bits per heavy atom. The molecule has 82 valence electrons. The predicted octanol–water partition coefficient (Wildman–Crippen LogP) is 2.19. The lowest BCUT2D eigenvalue weighted by atomic mass is 10.0. The van der Waals surface area contributed by atoms with E-state index in [0.717, 1.165) is 17.9 Å². The SMILES string of the molecule is CCC(COC)NCC1(C2CC2)CC1. The minimum absolute atomic E-state index is 0.566. The molecule has 0 aromatic carbocycles. The molecule has 0 saturated heterocycles. The smallest absolute Gasteiger partial charge is 0.0615 e. The molecule has 2 rings (SSSR count). The number of rotatable bonds is 7. The van der Waals surface area contributed by atoms with E-state index in [0.29, 0.717) is 6.04 Å². The summed E-state index contributed by atoms with van der Waals surface area (Å²) in [5.41, 5.74) is 0.723. The maximum absolute atomic E-state index is 5.19.